The van der Waals surface area contributed by atoms with E-state index in [1.54, 1.807) is 0 Å². The van der Waals surface area contributed by atoms with Crippen molar-refractivity contribution in [2.75, 3.05) is 13.2 Å². The second-order valence-corrected chi connectivity index (χ2v) is 9.39. The van der Waals surface area contributed by atoms with Crippen molar-refractivity contribution in [3.8, 4) is 0 Å². The van der Waals surface area contributed by atoms with Crippen LogP contribution in [-0.2, 0) is 9.47 Å². The van der Waals surface area contributed by atoms with Gasteiger partial charge in [0.1, 0.15) is 0 Å². The molecule has 1 saturated heterocycles. The average Bonchev–Trinajstić information content (AvgIpc) is 3.14. The number of ether oxygens (including phenoxy) is 2. The van der Waals surface area contributed by atoms with Crippen molar-refractivity contribution in [3.05, 3.63) is 11.6 Å². The van der Waals surface area contributed by atoms with E-state index in [1.807, 2.05) is 5.57 Å². The van der Waals surface area contributed by atoms with Crippen molar-refractivity contribution in [3.63, 3.8) is 0 Å². The lowest BCUT2D eigenvalue weighted by Gasteiger charge is -2.55. The van der Waals surface area contributed by atoms with E-state index in [-0.39, 0.29) is 11.2 Å². The summed E-state index contributed by atoms with van der Waals surface area (Å²) in [4.78, 5) is 0. The molecule has 1 aliphatic heterocycles. The van der Waals surface area contributed by atoms with Crippen LogP contribution in [0.3, 0.4) is 0 Å². The molecular formula is C21H32O2. The highest BCUT2D eigenvalue weighted by Crippen LogP contribution is 2.66. The van der Waals surface area contributed by atoms with Gasteiger partial charge >= 0.3 is 0 Å². The third-order valence-corrected chi connectivity index (χ3v) is 8.49. The van der Waals surface area contributed by atoms with E-state index in [2.05, 4.69) is 19.9 Å². The topological polar surface area (TPSA) is 18.5 Å². The predicted molar refractivity (Wildman–Crippen MR) is 90.9 cm³/mol. The summed E-state index contributed by atoms with van der Waals surface area (Å²) in [5, 5.41) is 0. The summed E-state index contributed by atoms with van der Waals surface area (Å²) >= 11 is 0. The molecule has 2 heteroatoms. The van der Waals surface area contributed by atoms with Gasteiger partial charge in [0.2, 0.25) is 0 Å². The molecule has 0 unspecified atom stereocenters. The minimum Gasteiger partial charge on any atom is -0.347 e. The fraction of sp³-hybridized carbons (Fsp3) is 0.905. The Morgan fingerprint density at radius 1 is 1.00 bits per heavy atom. The zero-order chi connectivity index (χ0) is 15.7. The Hall–Kier alpha value is -0.340. The molecule has 4 fully saturated rings. The Kier molecular flexibility index (Phi) is 3.30. The molecule has 0 radical (unpaired) electrons. The van der Waals surface area contributed by atoms with Crippen molar-refractivity contribution in [2.24, 2.45) is 35.0 Å². The highest BCUT2D eigenvalue weighted by Gasteiger charge is 2.65. The minimum atomic E-state index is -0.228. The number of rotatable bonds is 0. The molecule has 3 saturated carbocycles. The third kappa shape index (κ3) is 1.94. The molecule has 1 spiro atoms. The van der Waals surface area contributed by atoms with Gasteiger partial charge in [0.15, 0.2) is 5.79 Å². The molecule has 5 rings (SSSR count). The maximum absolute atomic E-state index is 6.24. The Morgan fingerprint density at radius 3 is 2.65 bits per heavy atom. The van der Waals surface area contributed by atoms with Crippen molar-refractivity contribution < 1.29 is 9.47 Å². The fourth-order valence-electron chi connectivity index (χ4n) is 7.36. The number of allylic oxidation sites excluding steroid dienone is 2. The van der Waals surface area contributed by atoms with Gasteiger partial charge in [0.05, 0.1) is 13.2 Å². The molecule has 23 heavy (non-hydrogen) atoms. The molecule has 1 heterocycles. The quantitative estimate of drug-likeness (QED) is 0.589. The van der Waals surface area contributed by atoms with E-state index in [0.29, 0.717) is 0 Å². The predicted octanol–water partition coefficient (Wildman–Crippen LogP) is 4.94. The van der Waals surface area contributed by atoms with Gasteiger partial charge in [-0.1, -0.05) is 25.5 Å². The molecule has 2 nitrogen and oxygen atoms in total. The lowest BCUT2D eigenvalue weighted by Crippen LogP contribution is -2.53. The molecule has 0 aromatic carbocycles. The monoisotopic (exact) mass is 316 g/mol. The van der Waals surface area contributed by atoms with Crippen LogP contribution in [0.5, 0.6) is 0 Å². The van der Waals surface area contributed by atoms with E-state index in [0.717, 1.165) is 49.2 Å². The maximum atomic E-state index is 6.24. The van der Waals surface area contributed by atoms with Crippen LogP contribution in [0.1, 0.15) is 65.2 Å². The molecule has 0 amide bonds. The normalized spacial score (nSPS) is 51.0. The standard InChI is InChI=1S/C21H32O2/c1-14-3-5-16-15(13-14)4-6-18-17(16)7-9-20(2)19(18)8-10-21(20)22-11-12-23-21/h4,14,16-19H,3,5-13H2,1-2H3/t14-,16-,17+,18+,19-,20-/m0/s1. The van der Waals surface area contributed by atoms with Crippen LogP contribution in [0.25, 0.3) is 0 Å². The van der Waals surface area contributed by atoms with E-state index in [4.69, 9.17) is 9.47 Å². The molecule has 4 aliphatic carbocycles. The first-order valence-electron chi connectivity index (χ1n) is 10.1. The van der Waals surface area contributed by atoms with Gasteiger partial charge in [-0.2, -0.15) is 0 Å². The molecule has 5 aliphatic rings. The summed E-state index contributed by atoms with van der Waals surface area (Å²) in [5.74, 6) is 4.26. The van der Waals surface area contributed by atoms with Crippen molar-refractivity contribution in [1.82, 2.24) is 0 Å². The molecule has 128 valence electrons. The van der Waals surface area contributed by atoms with Crippen LogP contribution in [-0.4, -0.2) is 19.0 Å². The smallest absolute Gasteiger partial charge is 0.174 e. The Bertz CT molecular complexity index is 518. The SMILES string of the molecule is C[C@H]1CC[C@H]2C(=CC[C@@H]3[C@@H]2CC[C@@]2(C)[C@H]3CCC23OCCO3)C1. The Labute approximate surface area is 141 Å². The first-order valence-corrected chi connectivity index (χ1v) is 10.1. The molecule has 0 bridgehead atoms. The van der Waals surface area contributed by atoms with E-state index >= 15 is 0 Å². The summed E-state index contributed by atoms with van der Waals surface area (Å²) in [6, 6.07) is 0. The van der Waals surface area contributed by atoms with Crippen molar-refractivity contribution >= 4 is 0 Å². The van der Waals surface area contributed by atoms with Crippen LogP contribution >= 0.6 is 0 Å². The molecule has 0 aromatic rings. The van der Waals surface area contributed by atoms with Crippen LogP contribution < -0.4 is 0 Å². The zero-order valence-corrected chi connectivity index (χ0v) is 14.9. The summed E-state index contributed by atoms with van der Waals surface area (Å²) in [6.45, 7) is 6.55. The number of hydrogen-bond acceptors (Lipinski definition) is 2. The summed E-state index contributed by atoms with van der Waals surface area (Å²) in [5.41, 5.74) is 2.09. The van der Waals surface area contributed by atoms with Gasteiger partial charge in [-0.05, 0) is 74.5 Å². The van der Waals surface area contributed by atoms with E-state index in [9.17, 15) is 0 Å². The Balaban J connectivity index is 1.45. The second kappa shape index (κ2) is 5.08. The average molecular weight is 316 g/mol. The van der Waals surface area contributed by atoms with Gasteiger partial charge in [-0.25, -0.2) is 0 Å². The van der Waals surface area contributed by atoms with Gasteiger partial charge in [0.25, 0.3) is 0 Å². The van der Waals surface area contributed by atoms with Crippen LogP contribution in [0.4, 0.5) is 0 Å². The van der Waals surface area contributed by atoms with Crippen LogP contribution in [0.2, 0.25) is 0 Å². The van der Waals surface area contributed by atoms with E-state index in [1.165, 1.54) is 44.9 Å². The largest absolute Gasteiger partial charge is 0.347 e. The molecule has 6 atom stereocenters. The highest BCUT2D eigenvalue weighted by atomic mass is 16.7. The van der Waals surface area contributed by atoms with Crippen molar-refractivity contribution in [2.45, 2.75) is 71.0 Å². The highest BCUT2D eigenvalue weighted by molar-refractivity contribution is 5.20. The van der Waals surface area contributed by atoms with E-state index < -0.39 is 0 Å². The first-order chi connectivity index (χ1) is 11.1. The molecule has 0 N–H and O–H groups in total. The third-order valence-electron chi connectivity index (χ3n) is 8.49. The summed E-state index contributed by atoms with van der Waals surface area (Å²) in [6.07, 6.45) is 13.5. The Morgan fingerprint density at radius 2 is 1.83 bits per heavy atom. The van der Waals surface area contributed by atoms with Gasteiger partial charge in [-0.15, -0.1) is 0 Å². The second-order valence-electron chi connectivity index (χ2n) is 9.39. The van der Waals surface area contributed by atoms with Crippen LogP contribution in [0, 0.1) is 35.0 Å². The lowest BCUT2D eigenvalue weighted by atomic mass is 9.52. The van der Waals surface area contributed by atoms with Gasteiger partial charge in [-0.3, -0.25) is 0 Å². The zero-order valence-electron chi connectivity index (χ0n) is 14.9. The molecule has 0 aromatic heterocycles. The number of hydrogen-bond donors (Lipinski definition) is 0. The van der Waals surface area contributed by atoms with Gasteiger partial charge < -0.3 is 9.47 Å². The first kappa shape index (κ1) is 15.0. The van der Waals surface area contributed by atoms with Crippen LogP contribution in [0.15, 0.2) is 11.6 Å². The maximum Gasteiger partial charge on any atom is 0.174 e. The fourth-order valence-corrected chi connectivity index (χ4v) is 7.36. The molecular weight excluding hydrogens is 284 g/mol. The van der Waals surface area contributed by atoms with Crippen molar-refractivity contribution in [1.29, 1.82) is 0 Å². The number of fused-ring (bicyclic) bond motifs is 6. The van der Waals surface area contributed by atoms with Gasteiger partial charge in [0, 0.05) is 11.8 Å². The summed E-state index contributed by atoms with van der Waals surface area (Å²) < 4.78 is 12.5. The lowest BCUT2D eigenvalue weighted by molar-refractivity contribution is -0.240. The minimum absolute atomic E-state index is 0.228. The summed E-state index contributed by atoms with van der Waals surface area (Å²) in [7, 11) is 0.